The van der Waals surface area contributed by atoms with Gasteiger partial charge in [-0.3, -0.25) is 0 Å². The van der Waals surface area contributed by atoms with Gasteiger partial charge in [-0.2, -0.15) is 0 Å². The maximum Gasteiger partial charge on any atom is -0.0279 e. The summed E-state index contributed by atoms with van der Waals surface area (Å²) in [5, 5.41) is 0. The molecule has 0 fully saturated rings. The first-order chi connectivity index (χ1) is 9.43. The molecule has 19 heavy (non-hydrogen) atoms. The molecule has 0 aromatic heterocycles. The quantitative estimate of drug-likeness (QED) is 0.383. The van der Waals surface area contributed by atoms with E-state index >= 15 is 0 Å². The molecule has 1 rings (SSSR count). The van der Waals surface area contributed by atoms with E-state index in [-0.39, 0.29) is 0 Å². The van der Waals surface area contributed by atoms with Crippen molar-refractivity contribution in [3.05, 3.63) is 42.3 Å². The summed E-state index contributed by atoms with van der Waals surface area (Å²) in [6.45, 7) is 2.28. The number of aryl methyl sites for hydroxylation is 1. The molecule has 0 heteroatoms. The average molecular weight is 259 g/mol. The Morgan fingerprint density at radius 1 is 0.737 bits per heavy atom. The predicted molar refractivity (Wildman–Crippen MR) is 86.3 cm³/mol. The molecule has 1 aromatic rings. The molecule has 0 aliphatic carbocycles. The van der Waals surface area contributed by atoms with Gasteiger partial charge in [0.15, 0.2) is 0 Å². The fraction of sp³-hybridized carbons (Fsp3) is 0.632. The summed E-state index contributed by atoms with van der Waals surface area (Å²) in [5.41, 5.74) is 1.48. The van der Waals surface area contributed by atoms with Crippen molar-refractivity contribution in [2.75, 3.05) is 0 Å². The van der Waals surface area contributed by atoms with E-state index in [1.807, 2.05) is 0 Å². The van der Waals surface area contributed by atoms with E-state index in [1.54, 1.807) is 0 Å². The monoisotopic (exact) mass is 259 g/mol. The second-order valence-electron chi connectivity index (χ2n) is 5.58. The zero-order valence-electron chi connectivity index (χ0n) is 12.7. The van der Waals surface area contributed by atoms with Crippen molar-refractivity contribution in [1.82, 2.24) is 0 Å². The molecule has 0 amide bonds. The van der Waals surface area contributed by atoms with Crippen LogP contribution in [0.15, 0.2) is 30.3 Å². The Morgan fingerprint density at radius 3 is 2.11 bits per heavy atom. The molecule has 1 radical (unpaired) electrons. The van der Waals surface area contributed by atoms with Crippen LogP contribution in [0.1, 0.15) is 76.7 Å². The van der Waals surface area contributed by atoms with Gasteiger partial charge < -0.3 is 0 Å². The molecule has 0 bridgehead atoms. The van der Waals surface area contributed by atoms with Gasteiger partial charge in [-0.05, 0) is 31.2 Å². The smallest absolute Gasteiger partial charge is 0.0279 e. The first-order valence-corrected chi connectivity index (χ1v) is 8.29. The van der Waals surface area contributed by atoms with Crippen LogP contribution < -0.4 is 0 Å². The molecule has 0 heterocycles. The van der Waals surface area contributed by atoms with Gasteiger partial charge in [0.05, 0.1) is 0 Å². The Hall–Kier alpha value is -0.780. The minimum atomic E-state index is 1.23. The van der Waals surface area contributed by atoms with Crippen molar-refractivity contribution < 1.29 is 0 Å². The summed E-state index contributed by atoms with van der Waals surface area (Å²) in [5.74, 6) is 0. The topological polar surface area (TPSA) is 0 Å². The summed E-state index contributed by atoms with van der Waals surface area (Å²) in [6, 6.07) is 10.8. The largest absolute Gasteiger partial charge is 0.0654 e. The molecule has 0 aliphatic rings. The van der Waals surface area contributed by atoms with Crippen LogP contribution in [0.4, 0.5) is 0 Å². The Morgan fingerprint density at radius 2 is 1.37 bits per heavy atom. The molecule has 0 atom stereocenters. The van der Waals surface area contributed by atoms with Crippen molar-refractivity contribution in [3.8, 4) is 0 Å². The Kier molecular flexibility index (Phi) is 10.5. The summed E-state index contributed by atoms with van der Waals surface area (Å²) in [6.07, 6.45) is 17.6. The first kappa shape index (κ1) is 16.3. The van der Waals surface area contributed by atoms with Crippen LogP contribution in [0.5, 0.6) is 0 Å². The lowest BCUT2D eigenvalue weighted by atomic mass is 10.0. The van der Waals surface area contributed by atoms with Crippen molar-refractivity contribution in [1.29, 1.82) is 0 Å². The van der Waals surface area contributed by atoms with Crippen LogP contribution in [0, 0.1) is 6.42 Å². The molecule has 0 aliphatic heterocycles. The van der Waals surface area contributed by atoms with E-state index in [1.165, 1.54) is 76.2 Å². The van der Waals surface area contributed by atoms with Gasteiger partial charge in [-0.25, -0.2) is 0 Å². The first-order valence-electron chi connectivity index (χ1n) is 8.29. The van der Waals surface area contributed by atoms with Crippen molar-refractivity contribution >= 4 is 0 Å². The van der Waals surface area contributed by atoms with Gasteiger partial charge in [0.1, 0.15) is 0 Å². The Bertz CT molecular complexity index is 275. The van der Waals surface area contributed by atoms with Gasteiger partial charge in [-0.15, -0.1) is 0 Å². The lowest BCUT2D eigenvalue weighted by Crippen LogP contribution is -1.86. The minimum absolute atomic E-state index is 1.23. The number of hydrogen-bond acceptors (Lipinski definition) is 0. The number of benzene rings is 1. The second-order valence-corrected chi connectivity index (χ2v) is 5.58. The molecule has 0 saturated heterocycles. The fourth-order valence-corrected chi connectivity index (χ4v) is 2.49. The maximum atomic E-state index is 2.50. The van der Waals surface area contributed by atoms with Crippen LogP contribution in [0.25, 0.3) is 0 Å². The highest BCUT2D eigenvalue weighted by Crippen LogP contribution is 2.12. The zero-order chi connectivity index (χ0) is 13.6. The molecule has 0 nitrogen and oxygen atoms in total. The molecular formula is C19H31. The van der Waals surface area contributed by atoms with Crippen LogP contribution in [0.2, 0.25) is 0 Å². The van der Waals surface area contributed by atoms with Gasteiger partial charge in [0.2, 0.25) is 0 Å². The van der Waals surface area contributed by atoms with Crippen molar-refractivity contribution in [2.45, 2.75) is 77.6 Å². The Balaban J connectivity index is 1.79. The highest BCUT2D eigenvalue weighted by Gasteiger charge is 1.94. The van der Waals surface area contributed by atoms with Gasteiger partial charge in [0.25, 0.3) is 0 Å². The number of hydrogen-bond donors (Lipinski definition) is 0. The molecule has 1 aromatic carbocycles. The third-order valence-electron chi connectivity index (χ3n) is 3.73. The fourth-order valence-electron chi connectivity index (χ4n) is 2.49. The predicted octanol–water partition coefficient (Wildman–Crippen LogP) is 6.35. The van der Waals surface area contributed by atoms with E-state index in [2.05, 4.69) is 43.7 Å². The van der Waals surface area contributed by atoms with E-state index in [0.717, 1.165) is 0 Å². The lowest BCUT2D eigenvalue weighted by molar-refractivity contribution is 0.582. The summed E-state index contributed by atoms with van der Waals surface area (Å²) in [4.78, 5) is 0. The molecule has 0 N–H and O–H groups in total. The highest BCUT2D eigenvalue weighted by atomic mass is 14.0. The van der Waals surface area contributed by atoms with E-state index in [4.69, 9.17) is 0 Å². The van der Waals surface area contributed by atoms with E-state index in [9.17, 15) is 0 Å². The van der Waals surface area contributed by atoms with Crippen LogP contribution in [0.3, 0.4) is 0 Å². The van der Waals surface area contributed by atoms with Gasteiger partial charge >= 0.3 is 0 Å². The maximum absolute atomic E-state index is 2.50. The second kappa shape index (κ2) is 12.3. The summed E-state index contributed by atoms with van der Waals surface area (Å²) < 4.78 is 0. The zero-order valence-corrected chi connectivity index (χ0v) is 12.7. The molecular weight excluding hydrogens is 228 g/mol. The number of rotatable bonds is 12. The molecule has 107 valence electrons. The van der Waals surface area contributed by atoms with Crippen molar-refractivity contribution in [2.24, 2.45) is 0 Å². The van der Waals surface area contributed by atoms with Crippen LogP contribution in [-0.4, -0.2) is 0 Å². The normalized spacial score (nSPS) is 10.8. The van der Waals surface area contributed by atoms with Crippen molar-refractivity contribution in [3.63, 3.8) is 0 Å². The summed E-state index contributed by atoms with van der Waals surface area (Å²) >= 11 is 0. The van der Waals surface area contributed by atoms with Gasteiger partial charge in [0, 0.05) is 0 Å². The number of unbranched alkanes of at least 4 members (excludes halogenated alkanes) is 10. The minimum Gasteiger partial charge on any atom is -0.0654 e. The third-order valence-corrected chi connectivity index (χ3v) is 3.73. The molecule has 0 spiro atoms. The standard InChI is InChI=1S/C19H31/c1-2-3-4-5-6-7-8-9-10-11-13-16-19-17-14-12-15-18-19/h10,12,14-15,17-18H,2-9,11,13,16H2,1H3. The summed E-state index contributed by atoms with van der Waals surface area (Å²) in [7, 11) is 0. The lowest BCUT2D eigenvalue weighted by Gasteiger charge is -2.03. The molecule has 0 saturated carbocycles. The van der Waals surface area contributed by atoms with Gasteiger partial charge in [-0.1, -0.05) is 88.6 Å². The van der Waals surface area contributed by atoms with E-state index < -0.39 is 0 Å². The van der Waals surface area contributed by atoms with Crippen LogP contribution in [-0.2, 0) is 6.42 Å². The van der Waals surface area contributed by atoms with Crippen LogP contribution >= 0.6 is 0 Å². The third kappa shape index (κ3) is 9.76. The SMILES string of the molecule is CCCCCCCCC[CH]CCCc1ccccc1. The Labute approximate surface area is 120 Å². The molecule has 0 unspecified atom stereocenters. The average Bonchev–Trinajstić information content (AvgIpc) is 2.46. The highest BCUT2D eigenvalue weighted by molar-refractivity contribution is 5.14. The van der Waals surface area contributed by atoms with E-state index in [0.29, 0.717) is 0 Å².